The molecule has 0 saturated heterocycles. The van der Waals surface area contributed by atoms with Crippen molar-refractivity contribution in [2.24, 2.45) is 0 Å². The second-order valence-electron chi connectivity index (χ2n) is 7.89. The summed E-state index contributed by atoms with van der Waals surface area (Å²) in [6, 6.07) is 19.3. The number of hydrogen-bond acceptors (Lipinski definition) is 6. The second-order valence-corrected chi connectivity index (χ2v) is 7.89. The average Bonchev–Trinajstić information content (AvgIpc) is 2.86. The lowest BCUT2D eigenvalue weighted by atomic mass is 10.0. The molecule has 0 aliphatic heterocycles. The van der Waals surface area contributed by atoms with Gasteiger partial charge in [-0.25, -0.2) is 9.97 Å². The van der Waals surface area contributed by atoms with Crippen LogP contribution < -0.4 is 14.8 Å². The summed E-state index contributed by atoms with van der Waals surface area (Å²) in [7, 11) is 3.07. The van der Waals surface area contributed by atoms with Crippen LogP contribution in [0.15, 0.2) is 66.9 Å². The lowest BCUT2D eigenvalue weighted by Crippen LogP contribution is -2.25. The Bertz CT molecular complexity index is 1300. The molecule has 4 aromatic rings. The van der Waals surface area contributed by atoms with Gasteiger partial charge in [-0.05, 0) is 38.1 Å². The molecule has 34 heavy (non-hydrogen) atoms. The van der Waals surface area contributed by atoms with Crippen LogP contribution in [0.4, 0.5) is 0 Å². The molecule has 2 aromatic carbocycles. The number of pyridine rings is 1. The zero-order chi connectivity index (χ0) is 24.1. The largest absolute Gasteiger partial charge is 0.491 e. The molecule has 2 heterocycles. The van der Waals surface area contributed by atoms with Gasteiger partial charge in [-0.3, -0.25) is 9.78 Å². The number of aromatic nitrogens is 3. The summed E-state index contributed by atoms with van der Waals surface area (Å²) in [6.07, 6.45) is 1.71. The van der Waals surface area contributed by atoms with Crippen molar-refractivity contribution < 1.29 is 14.3 Å². The Labute approximate surface area is 198 Å². The quantitative estimate of drug-likeness (QED) is 0.433. The molecule has 0 saturated carbocycles. The highest BCUT2D eigenvalue weighted by Gasteiger charge is 2.18. The highest BCUT2D eigenvalue weighted by Crippen LogP contribution is 2.26. The predicted octanol–water partition coefficient (Wildman–Crippen LogP) is 4.77. The van der Waals surface area contributed by atoms with Crippen LogP contribution in [0.2, 0.25) is 0 Å². The van der Waals surface area contributed by atoms with Gasteiger partial charge in [0, 0.05) is 11.1 Å². The van der Waals surface area contributed by atoms with Crippen molar-refractivity contribution in [1.82, 2.24) is 20.3 Å². The highest BCUT2D eigenvalue weighted by molar-refractivity contribution is 5.98. The van der Waals surface area contributed by atoms with Crippen molar-refractivity contribution in [2.75, 3.05) is 14.2 Å². The number of methoxy groups -OCH3 is 2. The molecule has 7 nitrogen and oxygen atoms in total. The van der Waals surface area contributed by atoms with E-state index in [0.29, 0.717) is 28.7 Å². The standard InChI is InChI=1S/C27H26N4O3/c1-17-12-18(2)14-20(13-17)22-16-28-24(19-8-6-5-7-9-19)25(31-22)26(32)29-15-21-10-11-23(33-3)27(30-21)34-4/h5-14,16H,15H2,1-4H3,(H,29,32). The molecule has 1 amide bonds. The fraction of sp³-hybridized carbons (Fsp3) is 0.185. The Morgan fingerprint density at radius 1 is 0.882 bits per heavy atom. The molecule has 0 unspecified atom stereocenters. The van der Waals surface area contributed by atoms with Gasteiger partial charge in [0.05, 0.1) is 38.3 Å². The molecule has 0 aliphatic rings. The summed E-state index contributed by atoms with van der Waals surface area (Å²) in [5, 5.41) is 2.92. The van der Waals surface area contributed by atoms with Gasteiger partial charge in [0.2, 0.25) is 0 Å². The molecule has 4 rings (SSSR count). The number of ether oxygens (including phenoxy) is 2. The van der Waals surface area contributed by atoms with Crippen molar-refractivity contribution in [3.05, 3.63) is 89.4 Å². The average molecular weight is 455 g/mol. The van der Waals surface area contributed by atoms with E-state index in [1.807, 2.05) is 56.3 Å². The smallest absolute Gasteiger partial charge is 0.272 e. The molecule has 0 aliphatic carbocycles. The predicted molar refractivity (Wildman–Crippen MR) is 131 cm³/mol. The molecule has 172 valence electrons. The summed E-state index contributed by atoms with van der Waals surface area (Å²) < 4.78 is 10.5. The van der Waals surface area contributed by atoms with Crippen LogP contribution in [0.25, 0.3) is 22.5 Å². The molecule has 2 aromatic heterocycles. The Hall–Kier alpha value is -4.26. The Morgan fingerprint density at radius 3 is 2.29 bits per heavy atom. The van der Waals surface area contributed by atoms with Crippen molar-refractivity contribution in [3.8, 4) is 34.1 Å². The van der Waals surface area contributed by atoms with Gasteiger partial charge in [0.1, 0.15) is 5.69 Å². The van der Waals surface area contributed by atoms with E-state index in [0.717, 1.165) is 22.3 Å². The maximum Gasteiger partial charge on any atom is 0.272 e. The summed E-state index contributed by atoms with van der Waals surface area (Å²) in [4.78, 5) is 27.1. The third-order valence-electron chi connectivity index (χ3n) is 5.28. The first-order chi connectivity index (χ1) is 16.5. The van der Waals surface area contributed by atoms with Crippen molar-refractivity contribution in [3.63, 3.8) is 0 Å². The molecule has 0 fully saturated rings. The lowest BCUT2D eigenvalue weighted by molar-refractivity contribution is 0.0946. The monoisotopic (exact) mass is 454 g/mol. The number of rotatable bonds is 7. The second kappa shape index (κ2) is 10.1. The van der Waals surface area contributed by atoms with Crippen LogP contribution in [0, 0.1) is 13.8 Å². The first-order valence-corrected chi connectivity index (χ1v) is 10.9. The molecule has 7 heteroatoms. The van der Waals surface area contributed by atoms with Gasteiger partial charge in [-0.1, -0.05) is 47.5 Å². The van der Waals surface area contributed by atoms with Crippen LogP contribution in [-0.2, 0) is 6.54 Å². The minimum atomic E-state index is -0.339. The van der Waals surface area contributed by atoms with Crippen molar-refractivity contribution >= 4 is 5.91 Å². The van der Waals surface area contributed by atoms with Gasteiger partial charge in [-0.15, -0.1) is 0 Å². The summed E-state index contributed by atoms with van der Waals surface area (Å²) in [6.45, 7) is 4.26. The van der Waals surface area contributed by atoms with E-state index in [1.165, 1.54) is 7.11 Å². The molecule has 1 N–H and O–H groups in total. The van der Waals surface area contributed by atoms with E-state index < -0.39 is 0 Å². The summed E-state index contributed by atoms with van der Waals surface area (Å²) in [5.74, 6) is 0.543. The van der Waals surface area contributed by atoms with E-state index in [-0.39, 0.29) is 18.1 Å². The van der Waals surface area contributed by atoms with E-state index >= 15 is 0 Å². The zero-order valence-electron chi connectivity index (χ0n) is 19.6. The van der Waals surface area contributed by atoms with E-state index in [9.17, 15) is 4.79 Å². The fourth-order valence-corrected chi connectivity index (χ4v) is 3.74. The number of nitrogens with one attached hydrogen (secondary N) is 1. The van der Waals surface area contributed by atoms with Gasteiger partial charge in [0.15, 0.2) is 11.4 Å². The third-order valence-corrected chi connectivity index (χ3v) is 5.28. The molecule has 0 spiro atoms. The number of nitrogens with zero attached hydrogens (tertiary/aromatic N) is 3. The number of aryl methyl sites for hydroxylation is 2. The molecular weight excluding hydrogens is 428 g/mol. The first kappa shape index (κ1) is 22.9. The van der Waals surface area contributed by atoms with Gasteiger partial charge >= 0.3 is 0 Å². The van der Waals surface area contributed by atoms with Gasteiger partial charge in [-0.2, -0.15) is 0 Å². The molecule has 0 radical (unpaired) electrons. The van der Waals surface area contributed by atoms with E-state index in [4.69, 9.17) is 14.5 Å². The molecule has 0 atom stereocenters. The number of benzene rings is 2. The van der Waals surface area contributed by atoms with Crippen LogP contribution in [0.3, 0.4) is 0 Å². The van der Waals surface area contributed by atoms with Crippen molar-refractivity contribution in [1.29, 1.82) is 0 Å². The minimum absolute atomic E-state index is 0.197. The molecular formula is C27H26N4O3. The summed E-state index contributed by atoms with van der Waals surface area (Å²) >= 11 is 0. The van der Waals surface area contributed by atoms with Crippen molar-refractivity contribution in [2.45, 2.75) is 20.4 Å². The molecule has 0 bridgehead atoms. The normalized spacial score (nSPS) is 10.6. The van der Waals surface area contributed by atoms with E-state index in [1.54, 1.807) is 25.4 Å². The van der Waals surface area contributed by atoms with Crippen LogP contribution in [0.1, 0.15) is 27.3 Å². The minimum Gasteiger partial charge on any atom is -0.491 e. The van der Waals surface area contributed by atoms with Crippen LogP contribution in [0.5, 0.6) is 11.6 Å². The maximum absolute atomic E-state index is 13.3. The highest BCUT2D eigenvalue weighted by atomic mass is 16.5. The van der Waals surface area contributed by atoms with Gasteiger partial charge in [0.25, 0.3) is 11.8 Å². The van der Waals surface area contributed by atoms with Gasteiger partial charge < -0.3 is 14.8 Å². The third kappa shape index (κ3) is 5.04. The zero-order valence-corrected chi connectivity index (χ0v) is 19.6. The Morgan fingerprint density at radius 2 is 1.62 bits per heavy atom. The fourth-order valence-electron chi connectivity index (χ4n) is 3.74. The van der Waals surface area contributed by atoms with E-state index in [2.05, 4.69) is 21.4 Å². The number of carbonyl (C=O) groups excluding carboxylic acids is 1. The number of carbonyl (C=O) groups is 1. The number of hydrogen-bond donors (Lipinski definition) is 1. The topological polar surface area (TPSA) is 86.2 Å². The number of amides is 1. The first-order valence-electron chi connectivity index (χ1n) is 10.9. The SMILES string of the molecule is COc1ccc(CNC(=O)c2nc(-c3cc(C)cc(C)c3)cnc2-c2ccccc2)nc1OC. The Balaban J connectivity index is 1.68. The van der Waals surface area contributed by atoms with Crippen LogP contribution in [-0.4, -0.2) is 35.1 Å². The van der Waals surface area contributed by atoms with Crippen LogP contribution >= 0.6 is 0 Å². The maximum atomic E-state index is 13.3. The Kier molecular flexibility index (Phi) is 6.82. The summed E-state index contributed by atoms with van der Waals surface area (Å²) in [5.41, 5.74) is 6.02. The lowest BCUT2D eigenvalue weighted by Gasteiger charge is -2.12.